The summed E-state index contributed by atoms with van der Waals surface area (Å²) in [6, 6.07) is 7.36. The fourth-order valence-electron chi connectivity index (χ4n) is 2.29. The third-order valence-electron chi connectivity index (χ3n) is 3.85. The van der Waals surface area contributed by atoms with Gasteiger partial charge in [-0.05, 0) is 49.4 Å². The van der Waals surface area contributed by atoms with Gasteiger partial charge in [-0.1, -0.05) is 11.6 Å². The summed E-state index contributed by atoms with van der Waals surface area (Å²) < 4.78 is 25.8. The van der Waals surface area contributed by atoms with Crippen molar-refractivity contribution in [2.75, 3.05) is 0 Å². The molecule has 2 heterocycles. The summed E-state index contributed by atoms with van der Waals surface area (Å²) >= 11 is 5.91. The minimum absolute atomic E-state index is 0.134. The number of carbonyl (C=O) groups is 1. The largest absolute Gasteiger partial charge is 0.484 e. The first-order chi connectivity index (χ1) is 12.4. The second-order valence-corrected chi connectivity index (χ2v) is 6.04. The molecule has 0 aliphatic rings. The lowest BCUT2D eigenvalue weighted by atomic mass is 10.1. The predicted molar refractivity (Wildman–Crippen MR) is 95.8 cm³/mol. The van der Waals surface area contributed by atoms with Crippen LogP contribution in [0.15, 0.2) is 47.0 Å². The van der Waals surface area contributed by atoms with Crippen molar-refractivity contribution in [3.8, 4) is 5.75 Å². The summed E-state index contributed by atoms with van der Waals surface area (Å²) in [5.74, 6) is 0.853. The number of aromatic nitrogens is 2. The van der Waals surface area contributed by atoms with E-state index >= 15 is 0 Å². The number of carbonyl (C=O) groups excluding carboxylic acids is 1. The van der Waals surface area contributed by atoms with Crippen LogP contribution in [-0.2, 0) is 13.7 Å². The molecule has 0 aliphatic heterocycles. The lowest BCUT2D eigenvalue weighted by Crippen LogP contribution is -1.98. The number of benzene rings is 1. The van der Waals surface area contributed by atoms with Gasteiger partial charge in [-0.2, -0.15) is 5.10 Å². The molecule has 3 rings (SSSR count). The molecule has 0 aliphatic carbocycles. The van der Waals surface area contributed by atoms with Gasteiger partial charge in [0.05, 0.1) is 16.8 Å². The molecule has 0 atom stereocenters. The van der Waals surface area contributed by atoms with Crippen molar-refractivity contribution in [1.29, 1.82) is 0 Å². The van der Waals surface area contributed by atoms with Crippen LogP contribution in [0.25, 0.3) is 6.08 Å². The fourth-order valence-corrected chi connectivity index (χ4v) is 2.51. The normalized spacial score (nSPS) is 11.2. The number of nitrogens with zero attached hydrogens (tertiary/aromatic N) is 2. The molecule has 3 aromatic rings. The highest BCUT2D eigenvalue weighted by atomic mass is 35.5. The topological polar surface area (TPSA) is 57.3 Å². The van der Waals surface area contributed by atoms with E-state index in [1.165, 1.54) is 30.5 Å². The van der Waals surface area contributed by atoms with E-state index < -0.39 is 5.82 Å². The Morgan fingerprint density at radius 3 is 2.88 bits per heavy atom. The Hall–Kier alpha value is -2.86. The zero-order chi connectivity index (χ0) is 18.7. The number of hydrogen-bond donors (Lipinski definition) is 0. The molecule has 1 aromatic carbocycles. The monoisotopic (exact) mass is 374 g/mol. The molecule has 0 bridgehead atoms. The van der Waals surface area contributed by atoms with Gasteiger partial charge in [-0.3, -0.25) is 9.48 Å². The van der Waals surface area contributed by atoms with Crippen LogP contribution in [0.5, 0.6) is 5.75 Å². The fraction of sp³-hybridized carbons (Fsp3) is 0.158. The van der Waals surface area contributed by atoms with E-state index in [4.69, 9.17) is 20.8 Å². The van der Waals surface area contributed by atoms with Gasteiger partial charge in [0.15, 0.2) is 5.78 Å². The summed E-state index contributed by atoms with van der Waals surface area (Å²) in [5, 5.41) is 4.24. The smallest absolute Gasteiger partial charge is 0.189 e. The van der Waals surface area contributed by atoms with Crippen LogP contribution in [0.2, 0.25) is 5.02 Å². The number of ketones is 1. The first-order valence-electron chi connectivity index (χ1n) is 7.81. The van der Waals surface area contributed by atoms with Crippen LogP contribution in [0.3, 0.4) is 0 Å². The molecular formula is C19H16ClFN2O3. The number of aryl methyl sites for hydroxylation is 1. The molecule has 0 unspecified atom stereocenters. The number of ether oxygens (including phenoxy) is 1. The number of allylic oxidation sites excluding steroid dienone is 1. The number of halogens is 2. The minimum atomic E-state index is -0.429. The molecule has 0 amide bonds. The Labute approximate surface area is 154 Å². The molecular weight excluding hydrogens is 359 g/mol. The third kappa shape index (κ3) is 4.03. The Morgan fingerprint density at radius 1 is 1.38 bits per heavy atom. The van der Waals surface area contributed by atoms with E-state index in [0.29, 0.717) is 22.8 Å². The van der Waals surface area contributed by atoms with Gasteiger partial charge in [-0.25, -0.2) is 4.39 Å². The molecule has 7 heteroatoms. The molecule has 134 valence electrons. The van der Waals surface area contributed by atoms with E-state index in [1.807, 2.05) is 6.92 Å². The van der Waals surface area contributed by atoms with E-state index in [0.717, 1.165) is 5.69 Å². The van der Waals surface area contributed by atoms with E-state index in [2.05, 4.69) is 5.10 Å². The first kappa shape index (κ1) is 17.9. The van der Waals surface area contributed by atoms with Crippen molar-refractivity contribution in [2.45, 2.75) is 13.5 Å². The van der Waals surface area contributed by atoms with Gasteiger partial charge in [0.1, 0.15) is 29.7 Å². The van der Waals surface area contributed by atoms with Crippen molar-refractivity contribution in [3.63, 3.8) is 0 Å². The average molecular weight is 375 g/mol. The van der Waals surface area contributed by atoms with Gasteiger partial charge >= 0.3 is 0 Å². The molecule has 0 spiro atoms. The zero-order valence-electron chi connectivity index (χ0n) is 14.2. The maximum Gasteiger partial charge on any atom is 0.189 e. The molecule has 5 nitrogen and oxygen atoms in total. The van der Waals surface area contributed by atoms with Gasteiger partial charge in [0, 0.05) is 12.7 Å². The van der Waals surface area contributed by atoms with E-state index in [-0.39, 0.29) is 17.4 Å². The van der Waals surface area contributed by atoms with Crippen molar-refractivity contribution < 1.29 is 18.3 Å². The van der Waals surface area contributed by atoms with Gasteiger partial charge < -0.3 is 9.15 Å². The van der Waals surface area contributed by atoms with Crippen molar-refractivity contribution in [3.05, 3.63) is 76.2 Å². The predicted octanol–water partition coefficient (Wildman–Crippen LogP) is 4.59. The second-order valence-electron chi connectivity index (χ2n) is 5.63. The van der Waals surface area contributed by atoms with Gasteiger partial charge in [0.25, 0.3) is 0 Å². The second kappa shape index (κ2) is 7.58. The van der Waals surface area contributed by atoms with Crippen LogP contribution < -0.4 is 4.74 Å². The third-order valence-corrected chi connectivity index (χ3v) is 4.14. The molecule has 26 heavy (non-hydrogen) atoms. The highest BCUT2D eigenvalue weighted by Crippen LogP contribution is 2.26. The maximum atomic E-state index is 13.0. The van der Waals surface area contributed by atoms with Crippen molar-refractivity contribution >= 4 is 23.5 Å². The average Bonchev–Trinajstić information content (AvgIpc) is 3.19. The highest BCUT2D eigenvalue weighted by Gasteiger charge is 2.10. The summed E-state index contributed by atoms with van der Waals surface area (Å²) in [5.41, 5.74) is 1.34. The van der Waals surface area contributed by atoms with Gasteiger partial charge in [-0.15, -0.1) is 0 Å². The quantitative estimate of drug-likeness (QED) is 0.467. The Morgan fingerprint density at radius 2 is 2.19 bits per heavy atom. The lowest BCUT2D eigenvalue weighted by molar-refractivity contribution is 0.104. The van der Waals surface area contributed by atoms with Crippen LogP contribution in [-0.4, -0.2) is 15.6 Å². The standard InChI is InChI=1S/C19H16ClFN2O3/c1-12-16(10-22-23(12)2)18(24)7-6-14-4-5-15(26-14)11-25-19-8-3-13(21)9-17(19)20/h3-10H,11H2,1-2H3/b7-6+. The number of rotatable bonds is 6. The van der Waals surface area contributed by atoms with E-state index in [9.17, 15) is 9.18 Å². The molecule has 0 saturated heterocycles. The van der Waals surface area contributed by atoms with Crippen LogP contribution >= 0.6 is 11.6 Å². The Balaban J connectivity index is 1.62. The summed E-state index contributed by atoms with van der Waals surface area (Å²) in [6.07, 6.45) is 4.56. The number of hydrogen-bond acceptors (Lipinski definition) is 4. The summed E-state index contributed by atoms with van der Waals surface area (Å²) in [7, 11) is 1.78. The lowest BCUT2D eigenvalue weighted by Gasteiger charge is -2.05. The molecule has 0 saturated carbocycles. The first-order valence-corrected chi connectivity index (χ1v) is 8.19. The Kier molecular flexibility index (Phi) is 5.23. The minimum Gasteiger partial charge on any atom is -0.484 e. The number of furan rings is 1. The molecule has 2 aromatic heterocycles. The van der Waals surface area contributed by atoms with Crippen LogP contribution in [0.1, 0.15) is 27.6 Å². The molecule has 0 radical (unpaired) electrons. The molecule has 0 fully saturated rings. The summed E-state index contributed by atoms with van der Waals surface area (Å²) in [6.45, 7) is 1.96. The van der Waals surface area contributed by atoms with Crippen molar-refractivity contribution in [2.24, 2.45) is 7.05 Å². The van der Waals surface area contributed by atoms with Crippen molar-refractivity contribution in [1.82, 2.24) is 9.78 Å². The van der Waals surface area contributed by atoms with E-state index in [1.54, 1.807) is 29.9 Å². The zero-order valence-corrected chi connectivity index (χ0v) is 15.0. The van der Waals surface area contributed by atoms with Gasteiger partial charge in [0.2, 0.25) is 0 Å². The SMILES string of the molecule is Cc1c(C(=O)/C=C/c2ccc(COc3ccc(F)cc3Cl)o2)cnn1C. The van der Waals surface area contributed by atoms with Crippen LogP contribution in [0.4, 0.5) is 4.39 Å². The maximum absolute atomic E-state index is 13.0. The van der Waals surface area contributed by atoms with Crippen LogP contribution in [0, 0.1) is 12.7 Å². The summed E-state index contributed by atoms with van der Waals surface area (Å²) in [4.78, 5) is 12.2. The molecule has 0 N–H and O–H groups in total. The highest BCUT2D eigenvalue weighted by molar-refractivity contribution is 6.32. The Bertz CT molecular complexity index is 975.